The topological polar surface area (TPSA) is 74.7 Å². The second-order valence-corrected chi connectivity index (χ2v) is 9.67. The van der Waals surface area contributed by atoms with Crippen LogP contribution in [0.5, 0.6) is 0 Å². The lowest BCUT2D eigenvalue weighted by Gasteiger charge is -2.31. The average Bonchev–Trinajstić information content (AvgIpc) is 2.76. The van der Waals surface area contributed by atoms with Gasteiger partial charge >= 0.3 is 5.97 Å². The van der Waals surface area contributed by atoms with Crippen molar-refractivity contribution in [3.05, 3.63) is 99.5 Å². The standard InChI is InChI=1S/C23H21Cl2NO4S/c1-2-22(17-6-4-3-5-7-17)26(15-16-8-10-18(11-9-16)23(27)28)31(29,30)19-12-13-20(24)21(25)14-19/h3-14,22H,2,15H2,1H3,(H,27,28)/t22-/m0/s1. The minimum absolute atomic E-state index is 0.0402. The van der Waals surface area contributed by atoms with Crippen LogP contribution in [0.1, 0.15) is 40.9 Å². The highest BCUT2D eigenvalue weighted by atomic mass is 35.5. The number of benzene rings is 3. The lowest BCUT2D eigenvalue weighted by atomic mass is 10.0. The number of hydrogen-bond donors (Lipinski definition) is 1. The van der Waals surface area contributed by atoms with Crippen LogP contribution >= 0.6 is 23.2 Å². The Balaban J connectivity index is 2.08. The van der Waals surface area contributed by atoms with Gasteiger partial charge in [-0.15, -0.1) is 0 Å². The molecule has 0 spiro atoms. The van der Waals surface area contributed by atoms with Gasteiger partial charge in [0, 0.05) is 6.54 Å². The van der Waals surface area contributed by atoms with Gasteiger partial charge in [0.15, 0.2) is 0 Å². The molecule has 3 aromatic rings. The molecule has 8 heteroatoms. The molecule has 31 heavy (non-hydrogen) atoms. The number of aromatic carboxylic acids is 1. The number of carboxylic acids is 1. The third kappa shape index (κ3) is 5.28. The highest BCUT2D eigenvalue weighted by Crippen LogP contribution is 2.34. The summed E-state index contributed by atoms with van der Waals surface area (Å²) in [5.41, 5.74) is 1.66. The monoisotopic (exact) mass is 477 g/mol. The quantitative estimate of drug-likeness (QED) is 0.429. The van der Waals surface area contributed by atoms with E-state index in [1.807, 2.05) is 37.3 Å². The van der Waals surface area contributed by atoms with Crippen LogP contribution in [0.4, 0.5) is 0 Å². The summed E-state index contributed by atoms with van der Waals surface area (Å²) >= 11 is 12.1. The Hall–Kier alpha value is -2.38. The molecule has 0 radical (unpaired) electrons. The van der Waals surface area contributed by atoms with E-state index in [1.165, 1.54) is 34.6 Å². The lowest BCUT2D eigenvalue weighted by Crippen LogP contribution is -2.34. The molecule has 3 aromatic carbocycles. The second kappa shape index (κ2) is 9.83. The molecule has 0 aliphatic carbocycles. The fourth-order valence-corrected chi connectivity index (χ4v) is 5.41. The minimum Gasteiger partial charge on any atom is -0.478 e. The molecule has 1 atom stereocenters. The van der Waals surface area contributed by atoms with Gasteiger partial charge in [-0.25, -0.2) is 13.2 Å². The van der Waals surface area contributed by atoms with E-state index in [2.05, 4.69) is 0 Å². The minimum atomic E-state index is -3.95. The van der Waals surface area contributed by atoms with Crippen molar-refractivity contribution in [2.45, 2.75) is 30.8 Å². The number of carboxylic acid groups (broad SMARTS) is 1. The fraction of sp³-hybridized carbons (Fsp3) is 0.174. The summed E-state index contributed by atoms with van der Waals surface area (Å²) in [5.74, 6) is -1.04. The van der Waals surface area contributed by atoms with Crippen molar-refractivity contribution in [3.63, 3.8) is 0 Å². The molecule has 0 aliphatic heterocycles. The molecule has 0 amide bonds. The molecular weight excluding hydrogens is 457 g/mol. The Kier molecular flexibility index (Phi) is 7.38. The predicted molar refractivity (Wildman–Crippen MR) is 122 cm³/mol. The highest BCUT2D eigenvalue weighted by Gasteiger charge is 2.32. The Labute approximate surface area is 191 Å². The summed E-state index contributed by atoms with van der Waals surface area (Å²) < 4.78 is 28.8. The van der Waals surface area contributed by atoms with E-state index in [1.54, 1.807) is 12.1 Å². The molecule has 0 bridgehead atoms. The van der Waals surface area contributed by atoms with Crippen molar-refractivity contribution >= 4 is 39.2 Å². The molecule has 5 nitrogen and oxygen atoms in total. The van der Waals surface area contributed by atoms with Crippen LogP contribution in [0.25, 0.3) is 0 Å². The predicted octanol–water partition coefficient (Wildman–Crippen LogP) is 6.03. The molecule has 1 N–H and O–H groups in total. The third-order valence-corrected chi connectivity index (χ3v) is 7.55. The maximum absolute atomic E-state index is 13.7. The number of carbonyl (C=O) groups is 1. The number of halogens is 2. The number of nitrogens with zero attached hydrogens (tertiary/aromatic N) is 1. The number of rotatable bonds is 8. The van der Waals surface area contributed by atoms with Crippen LogP contribution in [0.15, 0.2) is 77.7 Å². The first-order chi connectivity index (χ1) is 14.7. The highest BCUT2D eigenvalue weighted by molar-refractivity contribution is 7.89. The summed E-state index contributed by atoms with van der Waals surface area (Å²) in [5, 5.41) is 9.55. The van der Waals surface area contributed by atoms with Crippen LogP contribution in [-0.2, 0) is 16.6 Å². The first kappa shape index (κ1) is 23.3. The number of sulfonamides is 1. The Morgan fingerprint density at radius 2 is 1.61 bits per heavy atom. The normalized spacial score (nSPS) is 12.6. The Morgan fingerprint density at radius 3 is 2.16 bits per heavy atom. The van der Waals surface area contributed by atoms with Gasteiger partial charge in [-0.1, -0.05) is 72.6 Å². The molecule has 0 aliphatic rings. The van der Waals surface area contributed by atoms with Gasteiger partial charge in [-0.05, 0) is 47.9 Å². The smallest absolute Gasteiger partial charge is 0.335 e. The molecule has 0 unspecified atom stereocenters. The fourth-order valence-electron chi connectivity index (χ4n) is 3.35. The van der Waals surface area contributed by atoms with E-state index >= 15 is 0 Å². The van der Waals surface area contributed by atoms with E-state index < -0.39 is 22.0 Å². The zero-order chi connectivity index (χ0) is 22.6. The third-order valence-electron chi connectivity index (χ3n) is 4.96. The summed E-state index contributed by atoms with van der Waals surface area (Å²) in [7, 11) is -3.95. The first-order valence-electron chi connectivity index (χ1n) is 9.58. The molecule has 0 heterocycles. The molecule has 0 saturated heterocycles. The van der Waals surface area contributed by atoms with Crippen molar-refractivity contribution in [2.75, 3.05) is 0 Å². The zero-order valence-electron chi connectivity index (χ0n) is 16.7. The van der Waals surface area contributed by atoms with E-state index in [0.29, 0.717) is 12.0 Å². The molecule has 3 rings (SSSR count). The van der Waals surface area contributed by atoms with Gasteiger partial charge in [-0.3, -0.25) is 0 Å². The van der Waals surface area contributed by atoms with E-state index in [9.17, 15) is 13.2 Å². The molecule has 0 aromatic heterocycles. The van der Waals surface area contributed by atoms with Crippen LogP contribution < -0.4 is 0 Å². The lowest BCUT2D eigenvalue weighted by molar-refractivity contribution is 0.0697. The second-order valence-electron chi connectivity index (χ2n) is 6.96. The van der Waals surface area contributed by atoms with Gasteiger partial charge in [-0.2, -0.15) is 4.31 Å². The van der Waals surface area contributed by atoms with Gasteiger partial charge in [0.2, 0.25) is 10.0 Å². The van der Waals surface area contributed by atoms with Gasteiger partial charge in [0.1, 0.15) is 0 Å². The van der Waals surface area contributed by atoms with Crippen molar-refractivity contribution in [2.24, 2.45) is 0 Å². The summed E-state index contributed by atoms with van der Waals surface area (Å²) in [4.78, 5) is 11.2. The van der Waals surface area contributed by atoms with E-state index in [4.69, 9.17) is 28.3 Å². The molecule has 0 fully saturated rings. The molecule has 0 saturated carbocycles. The van der Waals surface area contributed by atoms with Gasteiger partial charge < -0.3 is 5.11 Å². The van der Waals surface area contributed by atoms with Gasteiger partial charge in [0.05, 0.1) is 26.5 Å². The summed E-state index contributed by atoms with van der Waals surface area (Å²) in [6.07, 6.45) is 0.539. The van der Waals surface area contributed by atoms with Gasteiger partial charge in [0.25, 0.3) is 0 Å². The van der Waals surface area contributed by atoms with Crippen LogP contribution in [0, 0.1) is 0 Å². The molecule has 162 valence electrons. The average molecular weight is 478 g/mol. The van der Waals surface area contributed by atoms with Crippen molar-refractivity contribution < 1.29 is 18.3 Å². The van der Waals surface area contributed by atoms with Crippen molar-refractivity contribution in [3.8, 4) is 0 Å². The summed E-state index contributed by atoms with van der Waals surface area (Å²) in [6.45, 7) is 1.98. The maximum Gasteiger partial charge on any atom is 0.335 e. The number of hydrogen-bond acceptors (Lipinski definition) is 3. The molecular formula is C23H21Cl2NO4S. The van der Waals surface area contributed by atoms with Crippen LogP contribution in [-0.4, -0.2) is 23.8 Å². The largest absolute Gasteiger partial charge is 0.478 e. The van der Waals surface area contributed by atoms with E-state index in [0.717, 1.165) is 5.56 Å². The maximum atomic E-state index is 13.7. The van der Waals surface area contributed by atoms with Crippen LogP contribution in [0.3, 0.4) is 0 Å². The van der Waals surface area contributed by atoms with E-state index in [-0.39, 0.29) is 27.0 Å². The Morgan fingerprint density at radius 1 is 0.968 bits per heavy atom. The van der Waals surface area contributed by atoms with Crippen molar-refractivity contribution in [1.82, 2.24) is 4.31 Å². The first-order valence-corrected chi connectivity index (χ1v) is 11.8. The summed E-state index contributed by atoms with van der Waals surface area (Å²) in [6, 6.07) is 19.4. The van der Waals surface area contributed by atoms with Crippen molar-refractivity contribution in [1.29, 1.82) is 0 Å². The van der Waals surface area contributed by atoms with Crippen LogP contribution in [0.2, 0.25) is 10.0 Å². The Bertz CT molecular complexity index is 1170. The zero-order valence-corrected chi connectivity index (χ0v) is 19.0. The SMILES string of the molecule is CC[C@@H](c1ccccc1)N(Cc1ccc(C(=O)O)cc1)S(=O)(=O)c1ccc(Cl)c(Cl)c1.